The van der Waals surface area contributed by atoms with E-state index in [1.807, 2.05) is 0 Å². The van der Waals surface area contributed by atoms with Crippen molar-refractivity contribution in [3.8, 4) is 0 Å². The maximum atomic E-state index is 2.72. The van der Waals surface area contributed by atoms with Crippen LogP contribution in [0.5, 0.6) is 0 Å². The van der Waals surface area contributed by atoms with Gasteiger partial charge in [0.25, 0.3) is 0 Å². The molecule has 0 N–H and O–H groups in total. The van der Waals surface area contributed by atoms with Gasteiger partial charge in [-0.2, -0.15) is 0 Å². The predicted molar refractivity (Wildman–Crippen MR) is 89.8 cm³/mol. The fourth-order valence-corrected chi connectivity index (χ4v) is 4.22. The van der Waals surface area contributed by atoms with Gasteiger partial charge < -0.3 is 4.90 Å². The topological polar surface area (TPSA) is 6.48 Å². The summed E-state index contributed by atoms with van der Waals surface area (Å²) in [5, 5.41) is 0. The molecule has 2 aliphatic rings. The highest BCUT2D eigenvalue weighted by molar-refractivity contribution is 5.33. The van der Waals surface area contributed by atoms with E-state index < -0.39 is 0 Å². The second-order valence-corrected chi connectivity index (χ2v) is 6.88. The highest BCUT2D eigenvalue weighted by Gasteiger charge is 2.27. The fraction of sp³-hybridized carbons (Fsp3) is 0.684. The molecule has 1 heterocycles. The lowest BCUT2D eigenvalue weighted by Crippen LogP contribution is -2.42. The van der Waals surface area contributed by atoms with Gasteiger partial charge in [-0.3, -0.25) is 4.90 Å². The molecule has 1 aromatic carbocycles. The summed E-state index contributed by atoms with van der Waals surface area (Å²) in [6.45, 7) is 6.08. The van der Waals surface area contributed by atoms with Crippen LogP contribution < -0.4 is 0 Å². The van der Waals surface area contributed by atoms with E-state index in [2.05, 4.69) is 48.0 Å². The Labute approximate surface area is 130 Å². The normalized spacial score (nSPS) is 23.7. The van der Waals surface area contributed by atoms with E-state index in [-0.39, 0.29) is 0 Å². The van der Waals surface area contributed by atoms with Gasteiger partial charge in [0.1, 0.15) is 0 Å². The van der Waals surface area contributed by atoms with E-state index in [0.29, 0.717) is 0 Å². The third-order valence-electron chi connectivity index (χ3n) is 5.62. The van der Waals surface area contributed by atoms with Gasteiger partial charge in [-0.15, -0.1) is 0 Å². The zero-order chi connectivity index (χ0) is 14.7. The first-order valence-corrected chi connectivity index (χ1v) is 8.79. The number of likely N-dealkylation sites (tertiary alicyclic amines) is 1. The summed E-state index contributed by atoms with van der Waals surface area (Å²) >= 11 is 0. The SMILES string of the molecule is CCN(CCC1CCCCN1C)C1Cc2ccccc2C1. The minimum absolute atomic E-state index is 0.737. The molecule has 1 atom stereocenters. The van der Waals surface area contributed by atoms with E-state index in [9.17, 15) is 0 Å². The Morgan fingerprint density at radius 1 is 1.14 bits per heavy atom. The van der Waals surface area contributed by atoms with Gasteiger partial charge in [-0.05, 0) is 69.9 Å². The minimum atomic E-state index is 0.737. The third-order valence-corrected chi connectivity index (χ3v) is 5.62. The standard InChI is InChI=1S/C19H30N2/c1-3-21(13-11-18-10-6-7-12-20(18)2)19-14-16-8-4-5-9-17(16)15-19/h4-5,8-9,18-19H,3,6-7,10-15H2,1-2H3. The Bertz CT molecular complexity index is 432. The first kappa shape index (κ1) is 15.1. The van der Waals surface area contributed by atoms with Crippen LogP contribution in [-0.2, 0) is 12.8 Å². The lowest BCUT2D eigenvalue weighted by atomic mass is 9.99. The van der Waals surface area contributed by atoms with Crippen molar-refractivity contribution >= 4 is 0 Å². The summed E-state index contributed by atoms with van der Waals surface area (Å²) in [5.41, 5.74) is 3.16. The zero-order valence-electron chi connectivity index (χ0n) is 13.7. The molecule has 1 saturated heterocycles. The number of benzene rings is 1. The summed E-state index contributed by atoms with van der Waals surface area (Å²) in [4.78, 5) is 5.31. The molecule has 1 aromatic rings. The second kappa shape index (κ2) is 6.93. The highest BCUT2D eigenvalue weighted by Crippen LogP contribution is 2.26. The largest absolute Gasteiger partial charge is 0.303 e. The Morgan fingerprint density at radius 3 is 2.48 bits per heavy atom. The van der Waals surface area contributed by atoms with Gasteiger partial charge in [0.2, 0.25) is 0 Å². The van der Waals surface area contributed by atoms with Gasteiger partial charge in [-0.1, -0.05) is 37.6 Å². The smallest absolute Gasteiger partial charge is 0.0176 e. The molecule has 1 unspecified atom stereocenters. The molecule has 116 valence electrons. The highest BCUT2D eigenvalue weighted by atomic mass is 15.2. The van der Waals surface area contributed by atoms with Crippen molar-refractivity contribution in [1.29, 1.82) is 0 Å². The molecule has 0 aromatic heterocycles. The van der Waals surface area contributed by atoms with Crippen molar-refractivity contribution in [3.63, 3.8) is 0 Å². The molecule has 0 spiro atoms. The summed E-state index contributed by atoms with van der Waals surface area (Å²) in [6, 6.07) is 10.6. The van der Waals surface area contributed by atoms with E-state index in [1.54, 1.807) is 11.1 Å². The lowest BCUT2D eigenvalue weighted by Gasteiger charge is -2.35. The molecular formula is C19H30N2. The van der Waals surface area contributed by atoms with Gasteiger partial charge in [0.05, 0.1) is 0 Å². The van der Waals surface area contributed by atoms with Crippen LogP contribution in [0.2, 0.25) is 0 Å². The Morgan fingerprint density at radius 2 is 1.86 bits per heavy atom. The van der Waals surface area contributed by atoms with Crippen LogP contribution in [0.25, 0.3) is 0 Å². The quantitative estimate of drug-likeness (QED) is 0.819. The van der Waals surface area contributed by atoms with Crippen LogP contribution in [0.3, 0.4) is 0 Å². The molecule has 0 amide bonds. The second-order valence-electron chi connectivity index (χ2n) is 6.88. The maximum absolute atomic E-state index is 2.72. The molecule has 1 aliphatic carbocycles. The number of rotatable bonds is 5. The number of likely N-dealkylation sites (N-methyl/N-ethyl adjacent to an activating group) is 1. The Balaban J connectivity index is 1.54. The fourth-order valence-electron chi connectivity index (χ4n) is 4.22. The van der Waals surface area contributed by atoms with Gasteiger partial charge in [0, 0.05) is 12.1 Å². The molecule has 2 heteroatoms. The first-order chi connectivity index (χ1) is 10.3. The molecule has 3 rings (SSSR count). The van der Waals surface area contributed by atoms with Crippen LogP contribution in [0.4, 0.5) is 0 Å². The van der Waals surface area contributed by atoms with E-state index in [1.165, 1.54) is 58.2 Å². The molecule has 0 saturated carbocycles. The van der Waals surface area contributed by atoms with Crippen LogP contribution in [0, 0.1) is 0 Å². The van der Waals surface area contributed by atoms with Crippen LogP contribution in [-0.4, -0.2) is 48.6 Å². The van der Waals surface area contributed by atoms with E-state index >= 15 is 0 Å². The van der Waals surface area contributed by atoms with Crippen molar-refractivity contribution in [3.05, 3.63) is 35.4 Å². The Hall–Kier alpha value is -0.860. The van der Waals surface area contributed by atoms with Crippen molar-refractivity contribution in [2.24, 2.45) is 0 Å². The Kier molecular flexibility index (Phi) is 4.97. The first-order valence-electron chi connectivity index (χ1n) is 8.79. The van der Waals surface area contributed by atoms with Crippen LogP contribution in [0.15, 0.2) is 24.3 Å². The van der Waals surface area contributed by atoms with E-state index in [0.717, 1.165) is 12.1 Å². The van der Waals surface area contributed by atoms with Crippen molar-refractivity contribution < 1.29 is 0 Å². The van der Waals surface area contributed by atoms with Crippen LogP contribution in [0.1, 0.15) is 43.7 Å². The number of nitrogens with zero attached hydrogens (tertiary/aromatic N) is 2. The number of fused-ring (bicyclic) bond motifs is 1. The summed E-state index contributed by atoms with van der Waals surface area (Å²) in [5.74, 6) is 0. The third kappa shape index (κ3) is 3.49. The number of piperidine rings is 1. The zero-order valence-corrected chi connectivity index (χ0v) is 13.7. The van der Waals surface area contributed by atoms with Crippen molar-refractivity contribution in [1.82, 2.24) is 9.80 Å². The van der Waals surface area contributed by atoms with Crippen LogP contribution >= 0.6 is 0 Å². The molecule has 0 bridgehead atoms. The molecular weight excluding hydrogens is 256 g/mol. The maximum Gasteiger partial charge on any atom is 0.0176 e. The molecule has 2 nitrogen and oxygen atoms in total. The molecule has 1 aliphatic heterocycles. The lowest BCUT2D eigenvalue weighted by molar-refractivity contribution is 0.139. The molecule has 0 radical (unpaired) electrons. The van der Waals surface area contributed by atoms with Gasteiger partial charge in [-0.25, -0.2) is 0 Å². The number of hydrogen-bond donors (Lipinski definition) is 0. The average Bonchev–Trinajstić information content (AvgIpc) is 2.93. The van der Waals surface area contributed by atoms with Crippen molar-refractivity contribution in [2.75, 3.05) is 26.7 Å². The van der Waals surface area contributed by atoms with E-state index in [4.69, 9.17) is 0 Å². The van der Waals surface area contributed by atoms with Gasteiger partial charge in [0.15, 0.2) is 0 Å². The summed E-state index contributed by atoms with van der Waals surface area (Å²) < 4.78 is 0. The van der Waals surface area contributed by atoms with Gasteiger partial charge >= 0.3 is 0 Å². The monoisotopic (exact) mass is 286 g/mol. The summed E-state index contributed by atoms with van der Waals surface area (Å²) in [7, 11) is 2.31. The predicted octanol–water partition coefficient (Wildman–Crippen LogP) is 3.35. The molecule has 1 fully saturated rings. The average molecular weight is 286 g/mol. The van der Waals surface area contributed by atoms with Crippen molar-refractivity contribution in [2.45, 2.75) is 57.5 Å². The molecule has 21 heavy (non-hydrogen) atoms. The number of hydrogen-bond acceptors (Lipinski definition) is 2. The summed E-state index contributed by atoms with van der Waals surface area (Å²) in [6.07, 6.45) is 8.07. The minimum Gasteiger partial charge on any atom is -0.303 e.